The first-order valence-electron chi connectivity index (χ1n) is 2.74. The van der Waals surface area contributed by atoms with Gasteiger partial charge in [-0.15, -0.1) is 11.6 Å². The van der Waals surface area contributed by atoms with Crippen molar-refractivity contribution in [3.63, 3.8) is 0 Å². The lowest BCUT2D eigenvalue weighted by molar-refractivity contribution is 0.757. The first-order valence-corrected chi connectivity index (χ1v) is 3.27. The van der Waals surface area contributed by atoms with E-state index in [9.17, 15) is 0 Å². The van der Waals surface area contributed by atoms with Gasteiger partial charge < -0.3 is 5.73 Å². The fourth-order valence-corrected chi connectivity index (χ4v) is 0.500. The Balaban J connectivity index is 3.03. The van der Waals surface area contributed by atoms with Crippen LogP contribution in [0.5, 0.6) is 0 Å². The summed E-state index contributed by atoms with van der Waals surface area (Å²) in [5.74, 6) is 0.590. The molecule has 8 heavy (non-hydrogen) atoms. The van der Waals surface area contributed by atoms with Gasteiger partial charge in [-0.1, -0.05) is 12.2 Å². The summed E-state index contributed by atoms with van der Waals surface area (Å²) in [6.45, 7) is 1.97. The van der Waals surface area contributed by atoms with Crippen LogP contribution in [0.15, 0.2) is 12.2 Å². The summed E-state index contributed by atoms with van der Waals surface area (Å²) in [6, 6.07) is 0.259. The third-order valence-corrected chi connectivity index (χ3v) is 0.942. The molecule has 0 aromatic heterocycles. The summed E-state index contributed by atoms with van der Waals surface area (Å²) >= 11 is 5.36. The second kappa shape index (κ2) is 5.13. The molecule has 0 aromatic carbocycles. The smallest absolute Gasteiger partial charge is 0.0404 e. The molecule has 0 radical (unpaired) electrons. The Bertz CT molecular complexity index is 68.9. The summed E-state index contributed by atoms with van der Waals surface area (Å²) in [5, 5.41) is 0. The van der Waals surface area contributed by atoms with Gasteiger partial charge in [-0.05, 0) is 13.3 Å². The minimum absolute atomic E-state index is 0.259. The topological polar surface area (TPSA) is 26.0 Å². The Morgan fingerprint density at radius 3 is 2.62 bits per heavy atom. The van der Waals surface area contributed by atoms with Crippen molar-refractivity contribution < 1.29 is 0 Å². The Labute approximate surface area is 55.5 Å². The predicted octanol–water partition coefficient (Wildman–Crippen LogP) is 1.52. The maximum absolute atomic E-state index is 5.44. The van der Waals surface area contributed by atoms with Crippen molar-refractivity contribution in [1.82, 2.24) is 0 Å². The van der Waals surface area contributed by atoms with Gasteiger partial charge in [0, 0.05) is 11.9 Å². The third-order valence-electron chi connectivity index (χ3n) is 0.764. The zero-order chi connectivity index (χ0) is 6.41. The Morgan fingerprint density at radius 2 is 2.25 bits per heavy atom. The van der Waals surface area contributed by atoms with E-state index >= 15 is 0 Å². The minimum Gasteiger partial charge on any atom is -0.328 e. The summed E-state index contributed by atoms with van der Waals surface area (Å²) in [7, 11) is 0. The number of hydrogen-bond acceptors (Lipinski definition) is 1. The minimum atomic E-state index is 0.259. The number of hydrogen-bond donors (Lipinski definition) is 1. The molecule has 0 aromatic rings. The lowest BCUT2D eigenvalue weighted by atomic mass is 10.2. The second-order valence-corrected chi connectivity index (χ2v) is 2.15. The van der Waals surface area contributed by atoms with E-state index in [2.05, 4.69) is 0 Å². The maximum atomic E-state index is 5.44. The molecule has 1 unspecified atom stereocenters. The molecule has 2 N–H and O–H groups in total. The zero-order valence-electron chi connectivity index (χ0n) is 5.10. The number of rotatable bonds is 3. The van der Waals surface area contributed by atoms with Crippen LogP contribution < -0.4 is 5.73 Å². The van der Waals surface area contributed by atoms with Gasteiger partial charge in [-0.3, -0.25) is 0 Å². The van der Waals surface area contributed by atoms with Crippen LogP contribution in [0, 0.1) is 0 Å². The van der Waals surface area contributed by atoms with Crippen molar-refractivity contribution in [3.8, 4) is 0 Å². The van der Waals surface area contributed by atoms with Gasteiger partial charge in [-0.2, -0.15) is 0 Å². The SMILES string of the molecule is CC(N)C/C=C\CCl. The summed E-state index contributed by atoms with van der Waals surface area (Å²) in [4.78, 5) is 0. The number of allylic oxidation sites excluding steroid dienone is 1. The molecule has 0 aliphatic heterocycles. The largest absolute Gasteiger partial charge is 0.328 e. The fraction of sp³-hybridized carbons (Fsp3) is 0.667. The van der Waals surface area contributed by atoms with Crippen LogP contribution in [-0.4, -0.2) is 11.9 Å². The van der Waals surface area contributed by atoms with Gasteiger partial charge >= 0.3 is 0 Å². The predicted molar refractivity (Wildman–Crippen MR) is 38.1 cm³/mol. The second-order valence-electron chi connectivity index (χ2n) is 1.84. The quantitative estimate of drug-likeness (QED) is 0.459. The van der Waals surface area contributed by atoms with Gasteiger partial charge in [0.05, 0.1) is 0 Å². The van der Waals surface area contributed by atoms with Crippen molar-refractivity contribution in [2.24, 2.45) is 5.73 Å². The highest BCUT2D eigenvalue weighted by Crippen LogP contribution is 1.88. The van der Waals surface area contributed by atoms with Crippen LogP contribution in [0.2, 0.25) is 0 Å². The normalized spacial score (nSPS) is 14.9. The molecule has 0 heterocycles. The highest BCUT2D eigenvalue weighted by molar-refractivity contribution is 6.18. The van der Waals surface area contributed by atoms with Crippen LogP contribution in [0.4, 0.5) is 0 Å². The molecule has 0 bridgehead atoms. The molecule has 0 spiro atoms. The van der Waals surface area contributed by atoms with Gasteiger partial charge in [0.25, 0.3) is 0 Å². The number of nitrogens with two attached hydrogens (primary N) is 1. The van der Waals surface area contributed by atoms with Crippen LogP contribution >= 0.6 is 11.6 Å². The first-order chi connectivity index (χ1) is 3.77. The standard InChI is InChI=1S/C6H12ClN/c1-6(8)4-2-3-5-7/h2-3,6H,4-5,8H2,1H3/b3-2-. The van der Waals surface area contributed by atoms with Crippen LogP contribution in [0.3, 0.4) is 0 Å². The fourth-order valence-electron chi connectivity index (χ4n) is 0.374. The highest BCUT2D eigenvalue weighted by Gasteiger charge is 1.84. The van der Waals surface area contributed by atoms with E-state index in [0.717, 1.165) is 6.42 Å². The summed E-state index contributed by atoms with van der Waals surface area (Å²) in [6.07, 6.45) is 4.83. The molecule has 1 nitrogen and oxygen atoms in total. The molecule has 48 valence electrons. The van der Waals surface area contributed by atoms with Crippen molar-refractivity contribution in [2.45, 2.75) is 19.4 Å². The van der Waals surface area contributed by atoms with Gasteiger partial charge in [0.1, 0.15) is 0 Å². The maximum Gasteiger partial charge on any atom is 0.0404 e. The van der Waals surface area contributed by atoms with Crippen molar-refractivity contribution in [3.05, 3.63) is 12.2 Å². The average molecular weight is 134 g/mol. The molecule has 0 saturated heterocycles. The van der Waals surface area contributed by atoms with Crippen LogP contribution in [-0.2, 0) is 0 Å². The van der Waals surface area contributed by atoms with Gasteiger partial charge in [0.2, 0.25) is 0 Å². The first kappa shape index (κ1) is 7.99. The summed E-state index contributed by atoms with van der Waals surface area (Å²) < 4.78 is 0. The number of halogens is 1. The van der Waals surface area contributed by atoms with Crippen molar-refractivity contribution in [2.75, 3.05) is 5.88 Å². The van der Waals surface area contributed by atoms with E-state index in [-0.39, 0.29) is 6.04 Å². The monoisotopic (exact) mass is 133 g/mol. The lowest BCUT2D eigenvalue weighted by Gasteiger charge is -1.95. The van der Waals surface area contributed by atoms with Crippen LogP contribution in [0.25, 0.3) is 0 Å². The highest BCUT2D eigenvalue weighted by atomic mass is 35.5. The van der Waals surface area contributed by atoms with E-state index < -0.39 is 0 Å². The third kappa shape index (κ3) is 5.99. The zero-order valence-corrected chi connectivity index (χ0v) is 5.86. The van der Waals surface area contributed by atoms with Crippen LogP contribution in [0.1, 0.15) is 13.3 Å². The average Bonchev–Trinajstić information content (AvgIpc) is 1.66. The molecular weight excluding hydrogens is 122 g/mol. The van der Waals surface area contributed by atoms with E-state index in [0.29, 0.717) is 5.88 Å². The molecule has 0 rings (SSSR count). The van der Waals surface area contributed by atoms with E-state index in [1.807, 2.05) is 19.1 Å². The molecular formula is C6H12ClN. The molecule has 2 heteroatoms. The molecule has 0 saturated carbocycles. The molecule has 0 fully saturated rings. The van der Waals surface area contributed by atoms with E-state index in [4.69, 9.17) is 17.3 Å². The molecule has 0 aliphatic carbocycles. The molecule has 0 aliphatic rings. The molecule has 1 atom stereocenters. The Hall–Kier alpha value is -0.0100. The van der Waals surface area contributed by atoms with Gasteiger partial charge in [-0.25, -0.2) is 0 Å². The van der Waals surface area contributed by atoms with Crippen molar-refractivity contribution >= 4 is 11.6 Å². The molecule has 0 amide bonds. The van der Waals surface area contributed by atoms with Crippen molar-refractivity contribution in [1.29, 1.82) is 0 Å². The van der Waals surface area contributed by atoms with Gasteiger partial charge in [0.15, 0.2) is 0 Å². The van der Waals surface area contributed by atoms with E-state index in [1.165, 1.54) is 0 Å². The Kier molecular flexibility index (Phi) is 5.13. The lowest BCUT2D eigenvalue weighted by Crippen LogP contribution is -2.12. The number of alkyl halides is 1. The van der Waals surface area contributed by atoms with E-state index in [1.54, 1.807) is 0 Å². The summed E-state index contributed by atoms with van der Waals surface area (Å²) in [5.41, 5.74) is 5.44. The Morgan fingerprint density at radius 1 is 1.62 bits per heavy atom.